The number of amides is 3. The molecule has 0 aliphatic heterocycles. The zero-order valence-corrected chi connectivity index (χ0v) is 20.9. The summed E-state index contributed by atoms with van der Waals surface area (Å²) < 4.78 is 19.4. The summed E-state index contributed by atoms with van der Waals surface area (Å²) in [5.41, 5.74) is 6.69. The van der Waals surface area contributed by atoms with Crippen LogP contribution in [0.1, 0.15) is 34.8 Å². The van der Waals surface area contributed by atoms with Crippen LogP contribution in [0.4, 0.5) is 5.69 Å². The molecular formula is C23H26ClN5O5S. The molecule has 1 unspecified atom stereocenters. The van der Waals surface area contributed by atoms with E-state index in [4.69, 9.17) is 27.3 Å². The Morgan fingerprint density at radius 3 is 2.60 bits per heavy atom. The Balaban J connectivity index is 2.25. The molecule has 0 radical (unpaired) electrons. The van der Waals surface area contributed by atoms with E-state index in [2.05, 4.69) is 10.6 Å². The molecule has 2 aromatic rings. The van der Waals surface area contributed by atoms with Gasteiger partial charge in [0.15, 0.2) is 6.61 Å². The number of nitrogens with zero attached hydrogens (tertiary/aromatic N) is 2. The fourth-order valence-electron chi connectivity index (χ4n) is 2.95. The number of nitrogens with one attached hydrogen (secondary N) is 2. The van der Waals surface area contributed by atoms with Crippen molar-refractivity contribution in [3.8, 4) is 11.8 Å². The lowest BCUT2D eigenvalue weighted by Crippen LogP contribution is -2.36. The maximum atomic E-state index is 12.9. The molecule has 0 aliphatic rings. The van der Waals surface area contributed by atoms with E-state index in [0.717, 1.165) is 0 Å². The number of anilines is 1. The van der Waals surface area contributed by atoms with E-state index in [1.54, 1.807) is 12.1 Å². The highest BCUT2D eigenvalue weighted by atomic mass is 35.5. The van der Waals surface area contributed by atoms with Crippen LogP contribution in [0.25, 0.3) is 0 Å². The number of benzene rings is 2. The molecule has 0 heterocycles. The molecule has 2 aromatic carbocycles. The number of carbonyl (C=O) groups is 3. The zero-order chi connectivity index (χ0) is 26.0. The van der Waals surface area contributed by atoms with Gasteiger partial charge >= 0.3 is 0 Å². The third kappa shape index (κ3) is 8.27. The monoisotopic (exact) mass is 519 g/mol. The Labute approximate surface area is 211 Å². The van der Waals surface area contributed by atoms with Crippen LogP contribution in [-0.2, 0) is 27.1 Å². The summed E-state index contributed by atoms with van der Waals surface area (Å²) in [4.78, 5) is 36.0. The predicted octanol–water partition coefficient (Wildman–Crippen LogP) is 1.63. The van der Waals surface area contributed by atoms with Gasteiger partial charge in [-0.25, -0.2) is 4.21 Å². The van der Waals surface area contributed by atoms with Crippen molar-refractivity contribution in [3.63, 3.8) is 0 Å². The van der Waals surface area contributed by atoms with Crippen molar-refractivity contribution in [2.75, 3.05) is 30.3 Å². The van der Waals surface area contributed by atoms with Gasteiger partial charge in [0, 0.05) is 35.5 Å². The van der Waals surface area contributed by atoms with Crippen molar-refractivity contribution in [2.45, 2.75) is 19.9 Å². The van der Waals surface area contributed by atoms with Gasteiger partial charge in [-0.3, -0.25) is 18.7 Å². The zero-order valence-electron chi connectivity index (χ0n) is 19.3. The molecule has 2 rings (SSSR count). The maximum absolute atomic E-state index is 12.9. The summed E-state index contributed by atoms with van der Waals surface area (Å²) >= 11 is 6.21. The molecule has 0 aliphatic carbocycles. The largest absolute Gasteiger partial charge is 0.483 e. The number of hydrogen-bond donors (Lipinski definition) is 3. The standard InChI is InChI=1S/C23H26ClN5O5S/c1-3-6-35(33)29(13-21(26)30)19-9-17(8-18(24)10-19)23(32)28-12-16-5-4-15(11-25)7-20(16)34-14-22(31)27-2/h4-5,7-10H,3,6,12-14H2,1-2H3,(H2,26,30)(H,27,31)(H,28,32). The van der Waals surface area contributed by atoms with Crippen molar-refractivity contribution in [1.29, 1.82) is 5.26 Å². The molecule has 3 amide bonds. The maximum Gasteiger partial charge on any atom is 0.257 e. The van der Waals surface area contributed by atoms with E-state index in [1.165, 1.54) is 35.6 Å². The first-order chi connectivity index (χ1) is 16.7. The van der Waals surface area contributed by atoms with E-state index in [0.29, 0.717) is 29.0 Å². The summed E-state index contributed by atoms with van der Waals surface area (Å²) in [5.74, 6) is -0.933. The predicted molar refractivity (Wildman–Crippen MR) is 133 cm³/mol. The summed E-state index contributed by atoms with van der Waals surface area (Å²) in [7, 11) is -0.0672. The minimum Gasteiger partial charge on any atom is -0.483 e. The first-order valence-corrected chi connectivity index (χ1v) is 12.2. The second-order valence-electron chi connectivity index (χ2n) is 7.31. The van der Waals surface area contributed by atoms with Crippen LogP contribution in [-0.4, -0.2) is 47.9 Å². The molecular weight excluding hydrogens is 494 g/mol. The number of primary amides is 1. The lowest BCUT2D eigenvalue weighted by atomic mass is 10.1. The second-order valence-corrected chi connectivity index (χ2v) is 9.23. The Kier molecular flexibility index (Phi) is 10.5. The van der Waals surface area contributed by atoms with Gasteiger partial charge < -0.3 is 21.1 Å². The van der Waals surface area contributed by atoms with Crippen LogP contribution < -0.4 is 25.4 Å². The summed E-state index contributed by atoms with van der Waals surface area (Å²) in [6.07, 6.45) is 0.616. The van der Waals surface area contributed by atoms with Gasteiger partial charge in [-0.05, 0) is 36.8 Å². The molecule has 1 atom stereocenters. The Morgan fingerprint density at radius 2 is 1.97 bits per heavy atom. The van der Waals surface area contributed by atoms with E-state index in [9.17, 15) is 18.6 Å². The highest BCUT2D eigenvalue weighted by Gasteiger charge is 2.19. The molecule has 0 aromatic heterocycles. The number of carbonyl (C=O) groups excluding carboxylic acids is 3. The van der Waals surface area contributed by atoms with E-state index in [-0.39, 0.29) is 41.9 Å². The normalized spacial score (nSPS) is 11.1. The molecule has 0 saturated carbocycles. The number of ether oxygens (including phenoxy) is 1. The average molecular weight is 520 g/mol. The first kappa shape index (κ1) is 27.6. The second kappa shape index (κ2) is 13.3. The lowest BCUT2D eigenvalue weighted by molar-refractivity contribution is -0.122. The van der Waals surface area contributed by atoms with Crippen molar-refractivity contribution < 1.29 is 23.3 Å². The van der Waals surface area contributed by atoms with Gasteiger partial charge in [0.2, 0.25) is 5.91 Å². The molecule has 0 saturated heterocycles. The molecule has 0 bridgehead atoms. The van der Waals surface area contributed by atoms with Crippen LogP contribution in [0.3, 0.4) is 0 Å². The van der Waals surface area contributed by atoms with Gasteiger partial charge in [0.25, 0.3) is 11.8 Å². The summed E-state index contributed by atoms with van der Waals surface area (Å²) in [5, 5.41) is 14.5. The molecule has 4 N–H and O–H groups in total. The van der Waals surface area contributed by atoms with Gasteiger partial charge in [0.1, 0.15) is 23.3 Å². The van der Waals surface area contributed by atoms with E-state index < -0.39 is 22.8 Å². The van der Waals surface area contributed by atoms with Gasteiger partial charge in [-0.15, -0.1) is 0 Å². The number of nitriles is 1. The van der Waals surface area contributed by atoms with Crippen molar-refractivity contribution in [1.82, 2.24) is 10.6 Å². The summed E-state index contributed by atoms with van der Waals surface area (Å²) in [6.45, 7) is 1.33. The lowest BCUT2D eigenvalue weighted by Gasteiger charge is -2.22. The summed E-state index contributed by atoms with van der Waals surface area (Å²) in [6, 6.07) is 11.1. The average Bonchev–Trinajstić information content (AvgIpc) is 2.83. The fourth-order valence-corrected chi connectivity index (χ4v) is 4.36. The molecule has 0 spiro atoms. The number of nitrogens with two attached hydrogens (primary N) is 1. The van der Waals surface area contributed by atoms with Crippen LogP contribution >= 0.6 is 11.6 Å². The number of hydrogen-bond acceptors (Lipinski definition) is 6. The fraction of sp³-hybridized carbons (Fsp3) is 0.304. The van der Waals surface area contributed by atoms with Crippen LogP contribution in [0, 0.1) is 11.3 Å². The molecule has 12 heteroatoms. The SMILES string of the molecule is CCCS(=O)N(CC(N)=O)c1cc(Cl)cc(C(=O)NCc2ccc(C#N)cc2OCC(=O)NC)c1. The van der Waals surface area contributed by atoms with E-state index >= 15 is 0 Å². The Bertz CT molecular complexity index is 1170. The highest BCUT2D eigenvalue weighted by Crippen LogP contribution is 2.25. The number of likely N-dealkylation sites (N-methyl/N-ethyl adjacent to an activating group) is 1. The van der Waals surface area contributed by atoms with Crippen molar-refractivity contribution in [3.05, 3.63) is 58.1 Å². The Morgan fingerprint density at radius 1 is 1.23 bits per heavy atom. The van der Waals surface area contributed by atoms with Crippen LogP contribution in [0.2, 0.25) is 5.02 Å². The highest BCUT2D eigenvalue weighted by molar-refractivity contribution is 7.86. The van der Waals surface area contributed by atoms with Gasteiger partial charge in [-0.1, -0.05) is 24.6 Å². The third-order valence-electron chi connectivity index (χ3n) is 4.63. The van der Waals surface area contributed by atoms with Gasteiger partial charge in [0.05, 0.1) is 17.3 Å². The number of halogens is 1. The quantitative estimate of drug-likeness (QED) is 0.387. The smallest absolute Gasteiger partial charge is 0.257 e. The minimum absolute atomic E-state index is 0.0300. The van der Waals surface area contributed by atoms with Crippen molar-refractivity contribution >= 4 is 46.0 Å². The molecule has 186 valence electrons. The van der Waals surface area contributed by atoms with Crippen LogP contribution in [0.5, 0.6) is 5.75 Å². The Hall–Kier alpha value is -3.62. The van der Waals surface area contributed by atoms with Crippen molar-refractivity contribution in [2.24, 2.45) is 5.73 Å². The number of rotatable bonds is 12. The van der Waals surface area contributed by atoms with Gasteiger partial charge in [-0.2, -0.15) is 5.26 Å². The van der Waals surface area contributed by atoms with Crippen LogP contribution in [0.15, 0.2) is 36.4 Å². The molecule has 0 fully saturated rings. The van der Waals surface area contributed by atoms with E-state index in [1.807, 2.05) is 13.0 Å². The minimum atomic E-state index is -1.54. The third-order valence-corrected chi connectivity index (χ3v) is 6.44. The molecule has 10 nitrogen and oxygen atoms in total. The topological polar surface area (TPSA) is 155 Å². The molecule has 35 heavy (non-hydrogen) atoms. The first-order valence-electron chi connectivity index (χ1n) is 10.6.